The number of nitrogens with zero attached hydrogens (tertiary/aromatic N) is 5. The lowest BCUT2D eigenvalue weighted by atomic mass is 10.2. The normalized spacial score (nSPS) is 11.4. The fraction of sp³-hybridized carbons (Fsp3) is 0.143. The number of aryl methyl sites for hydroxylation is 1. The summed E-state index contributed by atoms with van der Waals surface area (Å²) in [7, 11) is 3.04. The van der Waals surface area contributed by atoms with Crippen LogP contribution in [0.1, 0.15) is 11.1 Å². The Bertz CT molecular complexity index is 1350. The minimum atomic E-state index is -0.437. The zero-order valence-electron chi connectivity index (χ0n) is 16.4. The van der Waals surface area contributed by atoms with Crippen LogP contribution in [0, 0.1) is 0 Å². The van der Waals surface area contributed by atoms with Crippen molar-refractivity contribution < 1.29 is 0 Å². The molecule has 0 spiro atoms. The molecule has 4 aromatic rings. The smallest absolute Gasteiger partial charge is 0.298 e. The van der Waals surface area contributed by atoms with E-state index < -0.39 is 11.2 Å². The van der Waals surface area contributed by atoms with E-state index in [1.807, 2.05) is 42.5 Å². The summed E-state index contributed by atoms with van der Waals surface area (Å²) in [6.45, 7) is 0.392. The van der Waals surface area contributed by atoms with E-state index >= 15 is 0 Å². The Labute approximate surface area is 176 Å². The third kappa shape index (κ3) is 3.65. The molecule has 0 aliphatic carbocycles. The second-order valence-electron chi connectivity index (χ2n) is 6.81. The van der Waals surface area contributed by atoms with E-state index in [1.165, 1.54) is 11.6 Å². The van der Waals surface area contributed by atoms with E-state index in [-0.39, 0.29) is 0 Å². The molecule has 0 aliphatic heterocycles. The summed E-state index contributed by atoms with van der Waals surface area (Å²) in [5, 5.41) is 4.89. The molecule has 0 atom stereocenters. The van der Waals surface area contributed by atoms with Crippen LogP contribution in [-0.4, -0.2) is 24.9 Å². The first kappa shape index (κ1) is 19.7. The number of nitrogens with one attached hydrogen (secondary N) is 1. The topological polar surface area (TPSA) is 86.2 Å². The zero-order valence-corrected chi connectivity index (χ0v) is 17.2. The van der Waals surface area contributed by atoms with Crippen molar-refractivity contribution in [2.75, 3.05) is 5.43 Å². The second-order valence-corrected chi connectivity index (χ2v) is 7.24. The van der Waals surface area contributed by atoms with Gasteiger partial charge in [-0.05, 0) is 23.3 Å². The van der Waals surface area contributed by atoms with E-state index in [0.717, 1.165) is 15.7 Å². The van der Waals surface area contributed by atoms with E-state index in [4.69, 9.17) is 11.6 Å². The summed E-state index contributed by atoms with van der Waals surface area (Å²) in [5.41, 5.74) is 4.51. The van der Waals surface area contributed by atoms with Gasteiger partial charge in [0.2, 0.25) is 5.95 Å². The third-order valence-corrected chi connectivity index (χ3v) is 5.03. The standard InChI is InChI=1S/C21H19ClN6O2/c1-26-18-17(19(29)27(2)21(26)30)28(13-15-6-4-3-5-7-15)20(24-18)25-23-12-14-8-10-16(22)11-9-14/h3-12H,13H2,1-2H3,(H,24,25)/b23-12+. The largest absolute Gasteiger partial charge is 0.332 e. The molecule has 8 nitrogen and oxygen atoms in total. The maximum absolute atomic E-state index is 12.9. The molecule has 0 radical (unpaired) electrons. The van der Waals surface area contributed by atoms with Crippen LogP contribution >= 0.6 is 11.6 Å². The summed E-state index contributed by atoms with van der Waals surface area (Å²) in [6, 6.07) is 16.9. The summed E-state index contributed by atoms with van der Waals surface area (Å²) >= 11 is 5.91. The summed E-state index contributed by atoms with van der Waals surface area (Å²) in [6.07, 6.45) is 1.62. The summed E-state index contributed by atoms with van der Waals surface area (Å²) in [4.78, 5) is 29.7. The van der Waals surface area contributed by atoms with Crippen LogP contribution in [0.25, 0.3) is 11.2 Å². The Morgan fingerprint density at radius 2 is 1.73 bits per heavy atom. The molecule has 0 saturated carbocycles. The fourth-order valence-corrected chi connectivity index (χ4v) is 3.29. The van der Waals surface area contributed by atoms with Crippen LogP contribution in [0.5, 0.6) is 0 Å². The average Bonchev–Trinajstić information content (AvgIpc) is 3.11. The van der Waals surface area contributed by atoms with Crippen molar-refractivity contribution in [2.45, 2.75) is 6.54 Å². The Balaban J connectivity index is 1.81. The van der Waals surface area contributed by atoms with Crippen LogP contribution < -0.4 is 16.7 Å². The number of imidazole rings is 1. The van der Waals surface area contributed by atoms with Gasteiger partial charge in [0.1, 0.15) is 0 Å². The van der Waals surface area contributed by atoms with Gasteiger partial charge in [0.25, 0.3) is 5.56 Å². The van der Waals surface area contributed by atoms with Crippen LogP contribution in [0.15, 0.2) is 69.3 Å². The fourth-order valence-electron chi connectivity index (χ4n) is 3.17. The lowest BCUT2D eigenvalue weighted by Gasteiger charge is -2.09. The number of anilines is 1. The predicted octanol–water partition coefficient (Wildman–Crippen LogP) is 2.58. The SMILES string of the molecule is Cn1c(=O)c2c(nc(N/N=C/c3ccc(Cl)cc3)n2Cc2ccccc2)n(C)c1=O. The molecule has 2 aromatic carbocycles. The van der Waals surface area contributed by atoms with E-state index in [0.29, 0.717) is 28.7 Å². The predicted molar refractivity (Wildman–Crippen MR) is 118 cm³/mol. The van der Waals surface area contributed by atoms with E-state index in [1.54, 1.807) is 30.0 Å². The van der Waals surface area contributed by atoms with Gasteiger partial charge < -0.3 is 0 Å². The number of fused-ring (bicyclic) bond motifs is 1. The van der Waals surface area contributed by atoms with Crippen molar-refractivity contribution in [3.05, 3.63) is 91.6 Å². The van der Waals surface area contributed by atoms with Gasteiger partial charge >= 0.3 is 5.69 Å². The first-order chi connectivity index (χ1) is 14.5. The number of hydrazone groups is 1. The molecule has 0 saturated heterocycles. The van der Waals surface area contributed by atoms with Crippen LogP contribution in [0.4, 0.5) is 5.95 Å². The maximum Gasteiger partial charge on any atom is 0.332 e. The molecule has 2 heterocycles. The third-order valence-electron chi connectivity index (χ3n) is 4.78. The monoisotopic (exact) mass is 422 g/mol. The van der Waals surface area contributed by atoms with Crippen LogP contribution in [0.2, 0.25) is 5.02 Å². The molecule has 0 bridgehead atoms. The molecule has 1 N–H and O–H groups in total. The molecule has 0 fully saturated rings. The highest BCUT2D eigenvalue weighted by Crippen LogP contribution is 2.18. The van der Waals surface area contributed by atoms with Crippen molar-refractivity contribution in [3.63, 3.8) is 0 Å². The van der Waals surface area contributed by atoms with Crippen molar-refractivity contribution in [3.8, 4) is 0 Å². The van der Waals surface area contributed by atoms with Gasteiger partial charge in [0.05, 0.1) is 12.8 Å². The molecule has 2 aromatic heterocycles. The molecule has 0 unspecified atom stereocenters. The first-order valence-electron chi connectivity index (χ1n) is 9.20. The number of hydrogen-bond donors (Lipinski definition) is 1. The molecule has 152 valence electrons. The quantitative estimate of drug-likeness (QED) is 0.395. The van der Waals surface area contributed by atoms with Gasteiger partial charge in [-0.15, -0.1) is 0 Å². The highest BCUT2D eigenvalue weighted by atomic mass is 35.5. The zero-order chi connectivity index (χ0) is 21.3. The van der Waals surface area contributed by atoms with E-state index in [9.17, 15) is 9.59 Å². The van der Waals surface area contributed by atoms with Gasteiger partial charge in [0.15, 0.2) is 11.2 Å². The molecular formula is C21H19ClN6O2. The number of hydrogen-bond acceptors (Lipinski definition) is 5. The number of benzene rings is 2. The number of halogens is 1. The van der Waals surface area contributed by atoms with Gasteiger partial charge in [-0.3, -0.25) is 18.5 Å². The molecule has 30 heavy (non-hydrogen) atoms. The molecule has 0 amide bonds. The average molecular weight is 423 g/mol. The first-order valence-corrected chi connectivity index (χ1v) is 9.58. The maximum atomic E-state index is 12.9. The summed E-state index contributed by atoms with van der Waals surface area (Å²) < 4.78 is 4.16. The van der Waals surface area contributed by atoms with Gasteiger partial charge in [-0.2, -0.15) is 10.1 Å². The molecular weight excluding hydrogens is 404 g/mol. The van der Waals surface area contributed by atoms with Crippen LogP contribution in [-0.2, 0) is 20.6 Å². The van der Waals surface area contributed by atoms with Gasteiger partial charge in [-0.25, -0.2) is 10.2 Å². The Kier molecular flexibility index (Phi) is 5.24. The summed E-state index contributed by atoms with van der Waals surface area (Å²) in [5.74, 6) is 0.359. The molecule has 9 heteroatoms. The number of rotatable bonds is 5. The van der Waals surface area contributed by atoms with Gasteiger partial charge in [-0.1, -0.05) is 54.1 Å². The lowest BCUT2D eigenvalue weighted by Crippen LogP contribution is -2.37. The minimum absolute atomic E-state index is 0.295. The molecule has 4 rings (SSSR count). The van der Waals surface area contributed by atoms with Crippen molar-refractivity contribution in [1.82, 2.24) is 18.7 Å². The Morgan fingerprint density at radius 3 is 2.43 bits per heavy atom. The van der Waals surface area contributed by atoms with Crippen molar-refractivity contribution in [2.24, 2.45) is 19.2 Å². The minimum Gasteiger partial charge on any atom is -0.298 e. The van der Waals surface area contributed by atoms with Crippen molar-refractivity contribution in [1.29, 1.82) is 0 Å². The highest BCUT2D eigenvalue weighted by Gasteiger charge is 2.19. The Morgan fingerprint density at radius 1 is 1.03 bits per heavy atom. The second kappa shape index (κ2) is 8.00. The van der Waals surface area contributed by atoms with Crippen molar-refractivity contribution >= 4 is 34.9 Å². The van der Waals surface area contributed by atoms with Gasteiger partial charge in [0, 0.05) is 19.1 Å². The Hall–Kier alpha value is -3.65. The lowest BCUT2D eigenvalue weighted by molar-refractivity contribution is 0.702. The highest BCUT2D eigenvalue weighted by molar-refractivity contribution is 6.30. The van der Waals surface area contributed by atoms with Crippen LogP contribution in [0.3, 0.4) is 0 Å². The van der Waals surface area contributed by atoms with E-state index in [2.05, 4.69) is 15.5 Å². The molecule has 0 aliphatic rings. The number of aromatic nitrogens is 4.